The molecule has 1 amide bonds. The van der Waals surface area contributed by atoms with Crippen LogP contribution in [0, 0.1) is 17.8 Å². The Hall–Kier alpha value is -0.610. The van der Waals surface area contributed by atoms with Gasteiger partial charge in [0.25, 0.3) is 0 Å². The molecule has 4 nitrogen and oxygen atoms in total. The molecule has 5 unspecified atom stereocenters. The van der Waals surface area contributed by atoms with Crippen molar-refractivity contribution in [2.24, 2.45) is 23.5 Å². The maximum Gasteiger partial charge on any atom is 0.237 e. The molecule has 20 heavy (non-hydrogen) atoms. The first-order valence-corrected chi connectivity index (χ1v) is 8.11. The van der Waals surface area contributed by atoms with Gasteiger partial charge in [0.15, 0.2) is 0 Å². The molecule has 1 aliphatic rings. The normalized spacial score (nSPS) is 28.7. The number of nitrogens with two attached hydrogens (primary N) is 1. The highest BCUT2D eigenvalue weighted by Crippen LogP contribution is 2.20. The molecule has 0 saturated carbocycles. The third-order valence-corrected chi connectivity index (χ3v) is 4.42. The van der Waals surface area contributed by atoms with E-state index >= 15 is 0 Å². The van der Waals surface area contributed by atoms with Gasteiger partial charge in [0.05, 0.1) is 6.04 Å². The Morgan fingerprint density at radius 2 is 1.85 bits per heavy atom. The molecule has 0 spiro atoms. The lowest BCUT2D eigenvalue weighted by molar-refractivity contribution is -0.124. The Morgan fingerprint density at radius 3 is 2.35 bits per heavy atom. The molecule has 1 aliphatic heterocycles. The van der Waals surface area contributed by atoms with E-state index in [9.17, 15) is 4.79 Å². The lowest BCUT2D eigenvalue weighted by Crippen LogP contribution is -2.51. The van der Waals surface area contributed by atoms with Crippen LogP contribution in [0.3, 0.4) is 0 Å². The van der Waals surface area contributed by atoms with Gasteiger partial charge in [-0.05, 0) is 31.1 Å². The van der Waals surface area contributed by atoms with Crippen LogP contribution >= 0.6 is 0 Å². The molecule has 1 saturated heterocycles. The molecular weight excluding hydrogens is 250 g/mol. The van der Waals surface area contributed by atoms with Crippen LogP contribution < -0.4 is 11.1 Å². The van der Waals surface area contributed by atoms with Crippen LogP contribution in [0.15, 0.2) is 0 Å². The summed E-state index contributed by atoms with van der Waals surface area (Å²) < 4.78 is 0. The fraction of sp³-hybridized carbons (Fsp3) is 0.938. The van der Waals surface area contributed by atoms with Crippen molar-refractivity contribution in [2.75, 3.05) is 19.6 Å². The number of piperidine rings is 1. The third-order valence-electron chi connectivity index (χ3n) is 4.42. The Morgan fingerprint density at radius 1 is 1.30 bits per heavy atom. The summed E-state index contributed by atoms with van der Waals surface area (Å²) in [6.45, 7) is 14.0. The molecule has 1 rings (SSSR count). The maximum atomic E-state index is 12.1. The molecule has 0 aromatic heterocycles. The summed E-state index contributed by atoms with van der Waals surface area (Å²) in [6, 6.07) is -0.225. The van der Waals surface area contributed by atoms with Crippen LogP contribution in [-0.2, 0) is 4.79 Å². The monoisotopic (exact) mass is 283 g/mol. The van der Waals surface area contributed by atoms with E-state index < -0.39 is 0 Å². The highest BCUT2D eigenvalue weighted by Gasteiger charge is 2.25. The van der Waals surface area contributed by atoms with Gasteiger partial charge in [-0.3, -0.25) is 4.79 Å². The van der Waals surface area contributed by atoms with E-state index in [0.29, 0.717) is 0 Å². The number of hydrogen-bond donors (Lipinski definition) is 2. The van der Waals surface area contributed by atoms with Gasteiger partial charge >= 0.3 is 0 Å². The number of carbonyl (C=O) groups is 1. The predicted molar refractivity (Wildman–Crippen MR) is 84.4 cm³/mol. The Bertz CT molecular complexity index is 298. The smallest absolute Gasteiger partial charge is 0.237 e. The average molecular weight is 283 g/mol. The van der Waals surface area contributed by atoms with Crippen molar-refractivity contribution in [3.05, 3.63) is 0 Å². The molecule has 1 fully saturated rings. The zero-order valence-corrected chi connectivity index (χ0v) is 13.9. The predicted octanol–water partition coefficient (Wildman–Crippen LogP) is 1.84. The van der Waals surface area contributed by atoms with E-state index in [1.807, 2.05) is 6.92 Å². The topological polar surface area (TPSA) is 58.4 Å². The SMILES string of the molecule is CCC(C)C(N)C(=O)NC(C)CN1CC(C)CC(C)C1. The Balaban J connectivity index is 2.39. The summed E-state index contributed by atoms with van der Waals surface area (Å²) in [6.07, 6.45) is 2.25. The van der Waals surface area contributed by atoms with E-state index in [1.54, 1.807) is 0 Å². The molecule has 0 aromatic carbocycles. The van der Waals surface area contributed by atoms with E-state index in [4.69, 9.17) is 5.73 Å². The van der Waals surface area contributed by atoms with Crippen LogP contribution in [0.4, 0.5) is 0 Å². The number of amides is 1. The Kier molecular flexibility index (Phi) is 6.96. The standard InChI is InChI=1S/C16H33N3O/c1-6-13(4)15(17)16(20)18-14(5)10-19-8-11(2)7-12(3)9-19/h11-15H,6-10,17H2,1-5H3,(H,18,20). The molecule has 118 valence electrons. The Labute approximate surface area is 124 Å². The number of rotatable bonds is 6. The van der Waals surface area contributed by atoms with Crippen molar-refractivity contribution >= 4 is 5.91 Å². The highest BCUT2D eigenvalue weighted by atomic mass is 16.2. The van der Waals surface area contributed by atoms with Gasteiger partial charge in [0.1, 0.15) is 0 Å². The summed E-state index contributed by atoms with van der Waals surface area (Å²) in [5.74, 6) is 1.73. The molecule has 0 radical (unpaired) electrons. The first-order valence-electron chi connectivity index (χ1n) is 8.11. The van der Waals surface area contributed by atoms with Gasteiger partial charge in [-0.25, -0.2) is 0 Å². The van der Waals surface area contributed by atoms with Crippen LogP contribution in [0.25, 0.3) is 0 Å². The van der Waals surface area contributed by atoms with Crippen LogP contribution in [0.5, 0.6) is 0 Å². The number of hydrogen-bond acceptors (Lipinski definition) is 3. The maximum absolute atomic E-state index is 12.1. The van der Waals surface area contributed by atoms with Crippen LogP contribution in [0.2, 0.25) is 0 Å². The fourth-order valence-electron chi connectivity index (χ4n) is 3.23. The van der Waals surface area contributed by atoms with Gasteiger partial charge in [-0.2, -0.15) is 0 Å². The van der Waals surface area contributed by atoms with Gasteiger partial charge in [0, 0.05) is 25.7 Å². The second kappa shape index (κ2) is 7.99. The summed E-state index contributed by atoms with van der Waals surface area (Å²) in [5, 5.41) is 3.07. The minimum atomic E-state index is -0.387. The largest absolute Gasteiger partial charge is 0.351 e. The zero-order chi connectivity index (χ0) is 15.3. The molecule has 0 aromatic rings. The van der Waals surface area contributed by atoms with Gasteiger partial charge < -0.3 is 16.0 Å². The van der Waals surface area contributed by atoms with Crippen molar-refractivity contribution in [1.82, 2.24) is 10.2 Å². The zero-order valence-electron chi connectivity index (χ0n) is 13.9. The van der Waals surface area contributed by atoms with Crippen molar-refractivity contribution in [2.45, 2.75) is 59.5 Å². The molecule has 0 aliphatic carbocycles. The summed E-state index contributed by atoms with van der Waals surface area (Å²) in [4.78, 5) is 14.5. The second-order valence-electron chi connectivity index (χ2n) is 6.99. The lowest BCUT2D eigenvalue weighted by atomic mass is 9.91. The molecule has 5 atom stereocenters. The van der Waals surface area contributed by atoms with Crippen molar-refractivity contribution in [3.8, 4) is 0 Å². The fourth-order valence-corrected chi connectivity index (χ4v) is 3.23. The van der Waals surface area contributed by atoms with Gasteiger partial charge in [0.2, 0.25) is 5.91 Å². The third kappa shape index (κ3) is 5.41. The summed E-state index contributed by atoms with van der Waals surface area (Å²) in [7, 11) is 0. The van der Waals surface area contributed by atoms with Crippen LogP contribution in [0.1, 0.15) is 47.5 Å². The second-order valence-corrected chi connectivity index (χ2v) is 6.99. The van der Waals surface area contributed by atoms with Crippen molar-refractivity contribution < 1.29 is 4.79 Å². The lowest BCUT2D eigenvalue weighted by Gasteiger charge is -2.36. The van der Waals surface area contributed by atoms with E-state index in [1.165, 1.54) is 6.42 Å². The molecule has 4 heteroatoms. The van der Waals surface area contributed by atoms with Gasteiger partial charge in [-0.1, -0.05) is 34.1 Å². The average Bonchev–Trinajstić information content (AvgIpc) is 2.35. The number of carbonyl (C=O) groups excluding carboxylic acids is 1. The first-order chi connectivity index (χ1) is 9.33. The van der Waals surface area contributed by atoms with E-state index in [-0.39, 0.29) is 23.9 Å². The number of nitrogens with zero attached hydrogens (tertiary/aromatic N) is 1. The van der Waals surface area contributed by atoms with Crippen molar-refractivity contribution in [1.29, 1.82) is 0 Å². The highest BCUT2D eigenvalue weighted by molar-refractivity contribution is 5.82. The van der Waals surface area contributed by atoms with Crippen LogP contribution in [-0.4, -0.2) is 42.5 Å². The number of nitrogens with one attached hydrogen (secondary N) is 1. The molecular formula is C16H33N3O. The summed E-state index contributed by atoms with van der Waals surface area (Å²) >= 11 is 0. The minimum Gasteiger partial charge on any atom is -0.351 e. The first kappa shape index (κ1) is 17.4. The quantitative estimate of drug-likeness (QED) is 0.782. The summed E-state index contributed by atoms with van der Waals surface area (Å²) in [5.41, 5.74) is 5.97. The van der Waals surface area contributed by atoms with E-state index in [2.05, 4.69) is 37.9 Å². The van der Waals surface area contributed by atoms with Crippen molar-refractivity contribution in [3.63, 3.8) is 0 Å². The van der Waals surface area contributed by atoms with Gasteiger partial charge in [-0.15, -0.1) is 0 Å². The number of likely N-dealkylation sites (tertiary alicyclic amines) is 1. The van der Waals surface area contributed by atoms with E-state index in [0.717, 1.165) is 37.9 Å². The molecule has 1 heterocycles. The molecule has 0 bridgehead atoms. The minimum absolute atomic E-state index is 0.00930. The molecule has 3 N–H and O–H groups in total.